The van der Waals surface area contributed by atoms with Gasteiger partial charge in [0.2, 0.25) is 0 Å². The van der Waals surface area contributed by atoms with Gasteiger partial charge in [-0.2, -0.15) is 0 Å². The molecule has 0 aromatic carbocycles. The highest BCUT2D eigenvalue weighted by molar-refractivity contribution is 5.90. The van der Waals surface area contributed by atoms with Crippen molar-refractivity contribution in [1.82, 2.24) is 15.0 Å². The van der Waals surface area contributed by atoms with E-state index in [0.717, 1.165) is 48.5 Å². The van der Waals surface area contributed by atoms with E-state index in [2.05, 4.69) is 44.1 Å². The summed E-state index contributed by atoms with van der Waals surface area (Å²) in [4.78, 5) is 14.9. The van der Waals surface area contributed by atoms with E-state index in [-0.39, 0.29) is 0 Å². The van der Waals surface area contributed by atoms with Crippen molar-refractivity contribution >= 4 is 22.4 Å². The number of anilines is 1. The lowest BCUT2D eigenvalue weighted by molar-refractivity contribution is 0.574. The molecular formula is C17H20N4. The maximum Gasteiger partial charge on any atom is 0.156 e. The first-order valence-electron chi connectivity index (χ1n) is 7.87. The van der Waals surface area contributed by atoms with Crippen molar-refractivity contribution in [2.75, 3.05) is 18.0 Å². The summed E-state index contributed by atoms with van der Waals surface area (Å²) in [5.41, 5.74) is 4.51. The molecule has 3 heterocycles. The molecule has 4 nitrogen and oxygen atoms in total. The molecule has 108 valence electrons. The third-order valence-electron chi connectivity index (χ3n) is 4.36. The highest BCUT2D eigenvalue weighted by Gasteiger charge is 2.17. The molecule has 0 unspecified atom stereocenters. The van der Waals surface area contributed by atoms with E-state index in [0.29, 0.717) is 0 Å². The van der Waals surface area contributed by atoms with Crippen LogP contribution in [0.5, 0.6) is 0 Å². The lowest BCUT2D eigenvalue weighted by Gasteiger charge is -2.27. The molecule has 1 aliphatic carbocycles. The summed E-state index contributed by atoms with van der Waals surface area (Å²) in [5.74, 6) is 1.06. The summed E-state index contributed by atoms with van der Waals surface area (Å²) in [6, 6.07) is 2.14. The number of hydrogen-bond donors (Lipinski definition) is 1. The van der Waals surface area contributed by atoms with E-state index in [4.69, 9.17) is 0 Å². The minimum absolute atomic E-state index is 1.01. The Bertz CT molecular complexity index is 705. The first kappa shape index (κ1) is 12.6. The second kappa shape index (κ2) is 5.35. The molecule has 1 N–H and O–H groups in total. The van der Waals surface area contributed by atoms with E-state index in [1.165, 1.54) is 24.8 Å². The summed E-state index contributed by atoms with van der Waals surface area (Å²) >= 11 is 0. The number of H-pyrrole nitrogens is 1. The van der Waals surface area contributed by atoms with Crippen molar-refractivity contribution in [3.63, 3.8) is 0 Å². The minimum atomic E-state index is 1.01. The van der Waals surface area contributed by atoms with Crippen LogP contribution in [0, 0.1) is 0 Å². The molecular weight excluding hydrogens is 260 g/mol. The highest BCUT2D eigenvalue weighted by Crippen LogP contribution is 2.29. The second-order valence-corrected chi connectivity index (χ2v) is 5.83. The number of aromatic amines is 1. The summed E-state index contributed by atoms with van der Waals surface area (Å²) in [6.45, 7) is 2.20. The van der Waals surface area contributed by atoms with E-state index < -0.39 is 0 Å². The van der Waals surface area contributed by atoms with Crippen LogP contribution in [-0.4, -0.2) is 28.0 Å². The Kier molecular flexibility index (Phi) is 3.22. The molecule has 0 atom stereocenters. The number of hydrogen-bond acceptors (Lipinski definition) is 3. The summed E-state index contributed by atoms with van der Waals surface area (Å²) in [6.07, 6.45) is 14.5. The summed E-state index contributed by atoms with van der Waals surface area (Å²) in [5, 5.41) is 0. The van der Waals surface area contributed by atoms with Crippen LogP contribution < -0.4 is 4.90 Å². The predicted molar refractivity (Wildman–Crippen MR) is 86.3 cm³/mol. The van der Waals surface area contributed by atoms with Gasteiger partial charge in [0.05, 0.1) is 5.52 Å². The van der Waals surface area contributed by atoms with Crippen molar-refractivity contribution in [3.8, 4) is 0 Å². The molecule has 0 spiro atoms. The van der Waals surface area contributed by atoms with E-state index in [1.54, 1.807) is 6.33 Å². The first-order chi connectivity index (χ1) is 10.4. The van der Waals surface area contributed by atoms with Gasteiger partial charge in [-0.3, -0.25) is 0 Å². The molecule has 1 saturated heterocycles. The number of aromatic nitrogens is 3. The van der Waals surface area contributed by atoms with Gasteiger partial charge >= 0.3 is 0 Å². The quantitative estimate of drug-likeness (QED) is 0.912. The highest BCUT2D eigenvalue weighted by atomic mass is 15.2. The fraction of sp³-hybridized carbons (Fsp3) is 0.412. The standard InChI is InChI=1S/C17H20N4/c1-3-7-13(8-4-1)14-11-15-16(20-14)17(19-12-18-15)21-9-5-2-6-10-21/h3,7-8,11-12,20H,1-2,4-6,9-10H2. The third-order valence-corrected chi connectivity index (χ3v) is 4.36. The van der Waals surface area contributed by atoms with Gasteiger partial charge in [-0.05, 0) is 43.7 Å². The van der Waals surface area contributed by atoms with Crippen molar-refractivity contribution < 1.29 is 0 Å². The minimum Gasteiger partial charge on any atom is -0.355 e. The predicted octanol–water partition coefficient (Wildman–Crippen LogP) is 3.68. The van der Waals surface area contributed by atoms with Gasteiger partial charge in [0.1, 0.15) is 11.8 Å². The molecule has 1 fully saturated rings. The van der Waals surface area contributed by atoms with Gasteiger partial charge < -0.3 is 9.88 Å². The maximum atomic E-state index is 4.54. The molecule has 0 amide bonds. The Morgan fingerprint density at radius 3 is 2.76 bits per heavy atom. The fourth-order valence-electron chi connectivity index (χ4n) is 3.24. The number of rotatable bonds is 2. The van der Waals surface area contributed by atoms with Crippen molar-refractivity contribution in [3.05, 3.63) is 36.3 Å². The first-order valence-corrected chi connectivity index (χ1v) is 7.87. The molecule has 1 aliphatic heterocycles. The van der Waals surface area contributed by atoms with Gasteiger partial charge in [-0.25, -0.2) is 9.97 Å². The van der Waals surface area contributed by atoms with E-state index in [1.807, 2.05) is 0 Å². The van der Waals surface area contributed by atoms with Crippen LogP contribution in [0.15, 0.2) is 30.6 Å². The van der Waals surface area contributed by atoms with Crippen LogP contribution >= 0.6 is 0 Å². The topological polar surface area (TPSA) is 44.8 Å². The van der Waals surface area contributed by atoms with Gasteiger partial charge in [-0.15, -0.1) is 0 Å². The SMILES string of the molecule is C1=CC(c2cc3ncnc(N4CCCCC4)c3[nH]2)=CCC1. The lowest BCUT2D eigenvalue weighted by Crippen LogP contribution is -2.30. The number of nitrogens with one attached hydrogen (secondary N) is 1. The number of fused-ring (bicyclic) bond motifs is 1. The second-order valence-electron chi connectivity index (χ2n) is 5.83. The average molecular weight is 280 g/mol. The zero-order valence-electron chi connectivity index (χ0n) is 12.2. The van der Waals surface area contributed by atoms with Crippen LogP contribution in [0.4, 0.5) is 5.82 Å². The van der Waals surface area contributed by atoms with Crippen LogP contribution in [0.2, 0.25) is 0 Å². The number of nitrogens with zero attached hydrogens (tertiary/aromatic N) is 3. The number of allylic oxidation sites excluding steroid dienone is 4. The van der Waals surface area contributed by atoms with Crippen molar-refractivity contribution in [1.29, 1.82) is 0 Å². The molecule has 0 bridgehead atoms. The normalized spacial score (nSPS) is 19.0. The monoisotopic (exact) mass is 280 g/mol. The van der Waals surface area contributed by atoms with Crippen LogP contribution in [0.1, 0.15) is 37.8 Å². The van der Waals surface area contributed by atoms with Gasteiger partial charge in [0.15, 0.2) is 5.82 Å². The molecule has 4 rings (SSSR count). The molecule has 21 heavy (non-hydrogen) atoms. The molecule has 0 radical (unpaired) electrons. The molecule has 2 aromatic heterocycles. The average Bonchev–Trinajstić information content (AvgIpc) is 3.00. The van der Waals surface area contributed by atoms with E-state index in [9.17, 15) is 0 Å². The van der Waals surface area contributed by atoms with Crippen molar-refractivity contribution in [2.24, 2.45) is 0 Å². The summed E-state index contributed by atoms with van der Waals surface area (Å²) in [7, 11) is 0. The molecule has 2 aromatic rings. The van der Waals surface area contributed by atoms with Crippen LogP contribution in [0.25, 0.3) is 16.6 Å². The third kappa shape index (κ3) is 2.35. The molecule has 4 heteroatoms. The van der Waals surface area contributed by atoms with Gasteiger partial charge in [0, 0.05) is 18.8 Å². The van der Waals surface area contributed by atoms with E-state index >= 15 is 0 Å². The Balaban J connectivity index is 1.76. The van der Waals surface area contributed by atoms with Crippen LogP contribution in [-0.2, 0) is 0 Å². The molecule has 0 saturated carbocycles. The zero-order chi connectivity index (χ0) is 14.1. The lowest BCUT2D eigenvalue weighted by atomic mass is 10.0. The zero-order valence-corrected chi connectivity index (χ0v) is 12.2. The fourth-order valence-corrected chi connectivity index (χ4v) is 3.24. The van der Waals surface area contributed by atoms with Gasteiger partial charge in [0.25, 0.3) is 0 Å². The Morgan fingerprint density at radius 2 is 1.95 bits per heavy atom. The van der Waals surface area contributed by atoms with Gasteiger partial charge in [-0.1, -0.05) is 18.2 Å². The summed E-state index contributed by atoms with van der Waals surface area (Å²) < 4.78 is 0. The Hall–Kier alpha value is -2.10. The Labute approximate surface area is 124 Å². The van der Waals surface area contributed by atoms with Crippen molar-refractivity contribution in [2.45, 2.75) is 32.1 Å². The van der Waals surface area contributed by atoms with Crippen LogP contribution in [0.3, 0.4) is 0 Å². The maximum absolute atomic E-state index is 4.54. The Morgan fingerprint density at radius 1 is 1.05 bits per heavy atom. The molecule has 2 aliphatic rings. The number of piperidine rings is 1. The smallest absolute Gasteiger partial charge is 0.156 e. The largest absolute Gasteiger partial charge is 0.355 e.